The molecule has 4 rings (SSSR count). The van der Waals surface area contributed by atoms with Crippen molar-refractivity contribution in [2.75, 3.05) is 13.1 Å². The molecule has 0 saturated heterocycles. The first-order valence-electron chi connectivity index (χ1n) is 9.76. The minimum Gasteiger partial charge on any atom is -0.618 e. The fourth-order valence-electron chi connectivity index (χ4n) is 3.72. The largest absolute Gasteiger partial charge is 0.618 e. The van der Waals surface area contributed by atoms with E-state index in [1.807, 2.05) is 19.1 Å². The quantitative estimate of drug-likeness (QED) is 0.492. The lowest BCUT2D eigenvalue weighted by Crippen LogP contribution is -2.43. The molecule has 0 saturated carbocycles. The maximum atomic E-state index is 13.9. The Kier molecular flexibility index (Phi) is 5.27. The molecular formula is C23H21FN4O2. The molecular weight excluding hydrogens is 383 g/mol. The summed E-state index contributed by atoms with van der Waals surface area (Å²) in [4.78, 5) is 17.5. The van der Waals surface area contributed by atoms with Crippen molar-refractivity contribution in [2.24, 2.45) is 16.0 Å². The first-order valence-corrected chi connectivity index (χ1v) is 9.76. The molecule has 7 heteroatoms. The van der Waals surface area contributed by atoms with Crippen molar-refractivity contribution >= 4 is 33.8 Å². The van der Waals surface area contributed by atoms with Gasteiger partial charge in [-0.2, -0.15) is 9.83 Å². The van der Waals surface area contributed by atoms with Crippen LogP contribution in [0.4, 0.5) is 10.1 Å². The molecule has 2 aromatic carbocycles. The van der Waals surface area contributed by atoms with Crippen LogP contribution in [0.2, 0.25) is 0 Å². The Morgan fingerprint density at radius 1 is 1.27 bits per heavy atom. The number of benzene rings is 2. The molecule has 2 heterocycles. The average Bonchev–Trinajstić information content (AvgIpc) is 2.73. The van der Waals surface area contributed by atoms with Gasteiger partial charge in [0.05, 0.1) is 29.0 Å². The molecule has 1 aliphatic heterocycles. The van der Waals surface area contributed by atoms with Crippen LogP contribution in [-0.2, 0) is 4.79 Å². The Labute approximate surface area is 173 Å². The van der Waals surface area contributed by atoms with E-state index in [0.717, 1.165) is 4.73 Å². The minimum atomic E-state index is -0.687. The van der Waals surface area contributed by atoms with E-state index in [2.05, 4.69) is 5.10 Å². The molecule has 0 fully saturated rings. The summed E-state index contributed by atoms with van der Waals surface area (Å²) >= 11 is 0. The van der Waals surface area contributed by atoms with Crippen molar-refractivity contribution in [3.8, 4) is 0 Å². The van der Waals surface area contributed by atoms with E-state index in [4.69, 9.17) is 4.99 Å². The first-order chi connectivity index (χ1) is 14.5. The van der Waals surface area contributed by atoms with Gasteiger partial charge in [0, 0.05) is 24.2 Å². The summed E-state index contributed by atoms with van der Waals surface area (Å²) in [6, 6.07) is 14.9. The first kappa shape index (κ1) is 19.7. The van der Waals surface area contributed by atoms with Gasteiger partial charge < -0.3 is 5.21 Å². The summed E-state index contributed by atoms with van der Waals surface area (Å²) < 4.78 is 14.7. The second-order valence-electron chi connectivity index (χ2n) is 7.17. The number of ketones is 1. The molecule has 30 heavy (non-hydrogen) atoms. The normalized spacial score (nSPS) is 18.0. The number of pyridine rings is 1. The second kappa shape index (κ2) is 8.02. The number of carbonyl (C=O) groups excluding carboxylic acids is 1. The Hall–Kier alpha value is -3.61. The molecule has 0 bridgehead atoms. The summed E-state index contributed by atoms with van der Waals surface area (Å²) in [6.07, 6.45) is 1.44. The third-order valence-electron chi connectivity index (χ3n) is 5.14. The summed E-state index contributed by atoms with van der Waals surface area (Å²) in [7, 11) is 0. The molecule has 1 atom stereocenters. The molecule has 1 aliphatic rings. The van der Waals surface area contributed by atoms with E-state index in [9.17, 15) is 14.4 Å². The number of nitrogens with zero attached hydrogens (tertiary/aromatic N) is 4. The Morgan fingerprint density at radius 3 is 2.80 bits per heavy atom. The van der Waals surface area contributed by atoms with Crippen molar-refractivity contribution in [1.29, 1.82) is 0 Å². The van der Waals surface area contributed by atoms with Crippen LogP contribution in [0.3, 0.4) is 0 Å². The molecule has 1 unspecified atom stereocenters. The van der Waals surface area contributed by atoms with Gasteiger partial charge in [-0.3, -0.25) is 14.8 Å². The second-order valence-corrected chi connectivity index (χ2v) is 7.17. The highest BCUT2D eigenvalue weighted by Crippen LogP contribution is 2.27. The fraction of sp³-hybridized carbons (Fsp3) is 0.217. The van der Waals surface area contributed by atoms with Gasteiger partial charge in [-0.15, -0.1) is 0 Å². The van der Waals surface area contributed by atoms with Crippen LogP contribution < -0.4 is 4.73 Å². The summed E-state index contributed by atoms with van der Waals surface area (Å²) in [6.45, 7) is 4.43. The molecule has 0 amide bonds. The van der Waals surface area contributed by atoms with Gasteiger partial charge in [0.15, 0.2) is 6.20 Å². The summed E-state index contributed by atoms with van der Waals surface area (Å²) in [5, 5.41) is 19.2. The SMILES string of the molecule is CCN1CC(=Nc2cccc3c2ccc[n+]3[O-])C(C(C)=O)C(c2cccc(F)c2)=N1. The number of halogens is 1. The predicted molar refractivity (Wildman–Crippen MR) is 114 cm³/mol. The highest BCUT2D eigenvalue weighted by atomic mass is 19.1. The number of rotatable bonds is 4. The zero-order chi connectivity index (χ0) is 21.3. The van der Waals surface area contributed by atoms with Crippen molar-refractivity contribution in [3.63, 3.8) is 0 Å². The van der Waals surface area contributed by atoms with Gasteiger partial charge in [-0.1, -0.05) is 18.2 Å². The highest BCUT2D eigenvalue weighted by molar-refractivity contribution is 6.28. The van der Waals surface area contributed by atoms with E-state index in [-0.39, 0.29) is 5.78 Å². The Bertz CT molecular complexity index is 1190. The smallest absolute Gasteiger partial charge is 0.225 e. The maximum Gasteiger partial charge on any atom is 0.225 e. The van der Waals surface area contributed by atoms with Crippen molar-refractivity contribution < 1.29 is 13.9 Å². The lowest BCUT2D eigenvalue weighted by atomic mass is 9.87. The number of aliphatic imine (C=N–C) groups is 1. The van der Waals surface area contributed by atoms with Crippen LogP contribution in [0.5, 0.6) is 0 Å². The summed E-state index contributed by atoms with van der Waals surface area (Å²) in [5.74, 6) is -1.20. The molecule has 0 spiro atoms. The highest BCUT2D eigenvalue weighted by Gasteiger charge is 2.33. The standard InChI is InChI=1S/C23H21FN4O2/c1-3-27-14-20(25-19-10-5-11-21-18(19)9-6-12-28(21)30)22(15(2)29)23(26-27)16-7-4-8-17(24)13-16/h4-13,22H,3,14H2,1-2H3. The van der Waals surface area contributed by atoms with Crippen LogP contribution in [0.1, 0.15) is 19.4 Å². The Morgan fingerprint density at radius 2 is 2.07 bits per heavy atom. The van der Waals surface area contributed by atoms with Crippen molar-refractivity contribution in [1.82, 2.24) is 5.01 Å². The third kappa shape index (κ3) is 3.66. The number of carbonyl (C=O) groups is 1. The van der Waals surface area contributed by atoms with Gasteiger partial charge in [-0.05, 0) is 38.1 Å². The Balaban J connectivity index is 1.88. The lowest BCUT2D eigenvalue weighted by molar-refractivity contribution is -0.577. The van der Waals surface area contributed by atoms with Crippen LogP contribution in [-0.4, -0.2) is 35.3 Å². The number of aromatic nitrogens is 1. The van der Waals surface area contributed by atoms with Gasteiger partial charge >= 0.3 is 0 Å². The molecule has 152 valence electrons. The van der Waals surface area contributed by atoms with E-state index in [1.54, 1.807) is 35.3 Å². The van der Waals surface area contributed by atoms with E-state index in [1.165, 1.54) is 25.3 Å². The molecule has 6 nitrogen and oxygen atoms in total. The number of fused-ring (bicyclic) bond motifs is 1. The zero-order valence-corrected chi connectivity index (χ0v) is 16.7. The number of Topliss-reactive ketones (excluding diaryl/α,β-unsaturated/α-hetero) is 1. The topological polar surface area (TPSA) is 72.0 Å². The van der Waals surface area contributed by atoms with Crippen LogP contribution in [0.15, 0.2) is 70.9 Å². The van der Waals surface area contributed by atoms with E-state index < -0.39 is 11.7 Å². The van der Waals surface area contributed by atoms with Gasteiger partial charge in [0.25, 0.3) is 0 Å². The van der Waals surface area contributed by atoms with Gasteiger partial charge in [0.1, 0.15) is 17.5 Å². The third-order valence-corrected chi connectivity index (χ3v) is 5.14. The molecule has 3 aromatic rings. The van der Waals surface area contributed by atoms with Gasteiger partial charge in [0.2, 0.25) is 5.52 Å². The number of hydrogen-bond acceptors (Lipinski definition) is 5. The monoisotopic (exact) mass is 404 g/mol. The minimum absolute atomic E-state index is 0.119. The van der Waals surface area contributed by atoms with E-state index in [0.29, 0.717) is 46.7 Å². The molecule has 0 N–H and O–H groups in total. The number of hydrazone groups is 1. The van der Waals surface area contributed by atoms with Crippen molar-refractivity contribution in [3.05, 3.63) is 77.4 Å². The lowest BCUT2D eigenvalue weighted by Gasteiger charge is -2.31. The average molecular weight is 404 g/mol. The van der Waals surface area contributed by atoms with Crippen LogP contribution >= 0.6 is 0 Å². The number of hydrogen-bond donors (Lipinski definition) is 0. The van der Waals surface area contributed by atoms with Crippen LogP contribution in [0, 0.1) is 16.9 Å². The van der Waals surface area contributed by atoms with Crippen molar-refractivity contribution in [2.45, 2.75) is 13.8 Å². The maximum absolute atomic E-state index is 13.9. The summed E-state index contributed by atoms with van der Waals surface area (Å²) in [5.41, 5.74) is 2.76. The molecule has 1 aromatic heterocycles. The predicted octanol–water partition coefficient (Wildman–Crippen LogP) is 3.63. The molecule has 0 aliphatic carbocycles. The fourth-order valence-corrected chi connectivity index (χ4v) is 3.72. The van der Waals surface area contributed by atoms with Crippen LogP contribution in [0.25, 0.3) is 10.9 Å². The van der Waals surface area contributed by atoms with E-state index >= 15 is 0 Å². The van der Waals surface area contributed by atoms with Gasteiger partial charge in [-0.25, -0.2) is 4.39 Å². The zero-order valence-electron chi connectivity index (χ0n) is 16.7. The molecule has 0 radical (unpaired) electrons.